The van der Waals surface area contributed by atoms with E-state index in [0.29, 0.717) is 4.90 Å². The number of imide groups is 2. The van der Waals surface area contributed by atoms with E-state index in [9.17, 15) is 23.2 Å². The Bertz CT molecular complexity index is 282. The first-order chi connectivity index (χ1) is 6.57. The number of hydrogen-bond acceptors (Lipinski definition) is 3. The second kappa shape index (κ2) is 4.12. The number of alkyl halides is 2. The van der Waals surface area contributed by atoms with Gasteiger partial charge in [-0.2, -0.15) is 0 Å². The molecule has 0 bridgehead atoms. The standard InChI is InChI=1S/C7H8F2N2O3/c8-2-1-3-11-6(13)4(9)5(12)10-7(11)14/h4H,1-3H2,(H,10,12,14). The molecule has 4 amide bonds. The van der Waals surface area contributed by atoms with Crippen LogP contribution in [0.2, 0.25) is 0 Å². The summed E-state index contributed by atoms with van der Waals surface area (Å²) in [7, 11) is 0. The van der Waals surface area contributed by atoms with Gasteiger partial charge in [0.1, 0.15) is 0 Å². The summed E-state index contributed by atoms with van der Waals surface area (Å²) < 4.78 is 24.5. The lowest BCUT2D eigenvalue weighted by molar-refractivity contribution is -0.143. The summed E-state index contributed by atoms with van der Waals surface area (Å²) in [5.41, 5.74) is 0. The Morgan fingerprint density at radius 2 is 2.00 bits per heavy atom. The fourth-order valence-corrected chi connectivity index (χ4v) is 1.01. The molecule has 1 saturated heterocycles. The third kappa shape index (κ3) is 1.86. The first-order valence-electron chi connectivity index (χ1n) is 3.94. The van der Waals surface area contributed by atoms with Crippen LogP contribution in [0.25, 0.3) is 0 Å². The second-order valence-corrected chi connectivity index (χ2v) is 2.69. The van der Waals surface area contributed by atoms with Crippen molar-refractivity contribution >= 4 is 17.8 Å². The molecule has 0 aliphatic carbocycles. The van der Waals surface area contributed by atoms with Crippen LogP contribution in [0.3, 0.4) is 0 Å². The molecule has 0 aromatic carbocycles. The van der Waals surface area contributed by atoms with Crippen molar-refractivity contribution < 1.29 is 23.2 Å². The smallest absolute Gasteiger partial charge is 0.275 e. The largest absolute Gasteiger partial charge is 0.330 e. The van der Waals surface area contributed by atoms with Crippen LogP contribution < -0.4 is 5.32 Å². The van der Waals surface area contributed by atoms with E-state index in [1.54, 1.807) is 5.32 Å². The Labute approximate surface area is 78.0 Å². The van der Waals surface area contributed by atoms with E-state index in [0.717, 1.165) is 0 Å². The molecule has 1 unspecified atom stereocenters. The molecule has 7 heteroatoms. The Hall–Kier alpha value is -1.53. The number of urea groups is 1. The number of carbonyl (C=O) groups excluding carboxylic acids is 3. The quantitative estimate of drug-likeness (QED) is 0.648. The first kappa shape index (κ1) is 10.6. The van der Waals surface area contributed by atoms with Crippen molar-refractivity contribution in [2.75, 3.05) is 13.2 Å². The van der Waals surface area contributed by atoms with Gasteiger partial charge in [0.15, 0.2) is 0 Å². The summed E-state index contributed by atoms with van der Waals surface area (Å²) in [6.07, 6.45) is -2.44. The maximum atomic E-state index is 12.8. The number of hydrogen-bond donors (Lipinski definition) is 1. The van der Waals surface area contributed by atoms with Gasteiger partial charge >= 0.3 is 6.03 Å². The number of nitrogens with one attached hydrogen (secondary N) is 1. The number of barbiturate groups is 1. The third-order valence-electron chi connectivity index (χ3n) is 1.70. The third-order valence-corrected chi connectivity index (χ3v) is 1.70. The van der Waals surface area contributed by atoms with Gasteiger partial charge in [-0.3, -0.25) is 24.2 Å². The van der Waals surface area contributed by atoms with E-state index in [1.165, 1.54) is 0 Å². The Kier molecular flexibility index (Phi) is 3.10. The van der Waals surface area contributed by atoms with E-state index < -0.39 is 30.7 Å². The summed E-state index contributed by atoms with van der Waals surface area (Å²) in [5, 5.41) is 1.65. The van der Waals surface area contributed by atoms with Crippen molar-refractivity contribution in [2.45, 2.75) is 12.6 Å². The summed E-state index contributed by atoms with van der Waals surface area (Å²) in [6.45, 7) is -0.948. The molecule has 14 heavy (non-hydrogen) atoms. The zero-order valence-electron chi connectivity index (χ0n) is 7.13. The van der Waals surface area contributed by atoms with Crippen LogP contribution >= 0.6 is 0 Å². The van der Waals surface area contributed by atoms with Crippen molar-refractivity contribution in [3.63, 3.8) is 0 Å². The van der Waals surface area contributed by atoms with Crippen molar-refractivity contribution in [1.29, 1.82) is 0 Å². The van der Waals surface area contributed by atoms with Crippen molar-refractivity contribution in [2.24, 2.45) is 0 Å². The molecule has 0 saturated carbocycles. The molecule has 1 atom stereocenters. The number of carbonyl (C=O) groups is 3. The maximum absolute atomic E-state index is 12.8. The second-order valence-electron chi connectivity index (χ2n) is 2.69. The van der Waals surface area contributed by atoms with Crippen LogP contribution in [-0.4, -0.2) is 42.1 Å². The van der Waals surface area contributed by atoms with Gasteiger partial charge < -0.3 is 0 Å². The molecule has 1 N–H and O–H groups in total. The molecule has 78 valence electrons. The van der Waals surface area contributed by atoms with Gasteiger partial charge in [0.05, 0.1) is 6.67 Å². The van der Waals surface area contributed by atoms with Gasteiger partial charge in [-0.25, -0.2) is 9.18 Å². The molecule has 5 nitrogen and oxygen atoms in total. The van der Waals surface area contributed by atoms with Gasteiger partial charge in [-0.15, -0.1) is 0 Å². The molecule has 0 radical (unpaired) electrons. The van der Waals surface area contributed by atoms with Crippen molar-refractivity contribution in [3.05, 3.63) is 0 Å². The highest BCUT2D eigenvalue weighted by molar-refractivity contribution is 6.17. The van der Waals surface area contributed by atoms with Crippen LogP contribution in [0, 0.1) is 0 Å². The van der Waals surface area contributed by atoms with E-state index in [1.807, 2.05) is 0 Å². The summed E-state index contributed by atoms with van der Waals surface area (Å²) in [5.74, 6) is -2.50. The zero-order valence-corrected chi connectivity index (χ0v) is 7.13. The molecule has 1 rings (SSSR count). The van der Waals surface area contributed by atoms with Crippen LogP contribution in [0.1, 0.15) is 6.42 Å². The minimum atomic E-state index is -2.37. The predicted molar refractivity (Wildman–Crippen MR) is 40.7 cm³/mol. The highest BCUT2D eigenvalue weighted by atomic mass is 19.1. The average Bonchev–Trinajstić information content (AvgIpc) is 2.14. The first-order valence-corrected chi connectivity index (χ1v) is 3.94. The van der Waals surface area contributed by atoms with Gasteiger partial charge in [-0.1, -0.05) is 0 Å². The number of nitrogens with zero attached hydrogens (tertiary/aromatic N) is 1. The summed E-state index contributed by atoms with van der Waals surface area (Å²) >= 11 is 0. The molecule has 0 aromatic heterocycles. The molecular weight excluding hydrogens is 198 g/mol. The van der Waals surface area contributed by atoms with E-state index in [2.05, 4.69) is 0 Å². The highest BCUT2D eigenvalue weighted by Crippen LogP contribution is 2.07. The molecule has 1 heterocycles. The van der Waals surface area contributed by atoms with Crippen molar-refractivity contribution in [3.8, 4) is 0 Å². The van der Waals surface area contributed by atoms with Crippen LogP contribution in [0.15, 0.2) is 0 Å². The predicted octanol–water partition coefficient (Wildman–Crippen LogP) is -0.238. The number of rotatable bonds is 3. The number of amides is 4. The molecule has 1 aliphatic rings. The van der Waals surface area contributed by atoms with Crippen LogP contribution in [0.5, 0.6) is 0 Å². The molecule has 1 fully saturated rings. The lowest BCUT2D eigenvalue weighted by Crippen LogP contribution is -2.59. The number of halogens is 2. The molecular formula is C7H8F2N2O3. The lowest BCUT2D eigenvalue weighted by Gasteiger charge is -2.26. The minimum absolute atomic E-state index is 0.0694. The summed E-state index contributed by atoms with van der Waals surface area (Å²) in [4.78, 5) is 33.0. The van der Waals surface area contributed by atoms with Gasteiger partial charge in [0.25, 0.3) is 18.0 Å². The fourth-order valence-electron chi connectivity index (χ4n) is 1.01. The van der Waals surface area contributed by atoms with E-state index >= 15 is 0 Å². The van der Waals surface area contributed by atoms with Gasteiger partial charge in [-0.05, 0) is 6.42 Å². The fraction of sp³-hybridized carbons (Fsp3) is 0.571. The van der Waals surface area contributed by atoms with Gasteiger partial charge in [0, 0.05) is 6.54 Å². The molecule has 0 spiro atoms. The monoisotopic (exact) mass is 206 g/mol. The average molecular weight is 206 g/mol. The Morgan fingerprint density at radius 3 is 2.57 bits per heavy atom. The molecule has 1 aliphatic heterocycles. The van der Waals surface area contributed by atoms with Gasteiger partial charge in [0.2, 0.25) is 0 Å². The van der Waals surface area contributed by atoms with Crippen LogP contribution in [0.4, 0.5) is 13.6 Å². The summed E-state index contributed by atoms with van der Waals surface area (Å²) in [6, 6.07) is -0.998. The Morgan fingerprint density at radius 1 is 1.36 bits per heavy atom. The lowest BCUT2D eigenvalue weighted by atomic mass is 10.2. The van der Waals surface area contributed by atoms with Crippen molar-refractivity contribution in [1.82, 2.24) is 10.2 Å². The maximum Gasteiger partial charge on any atom is 0.330 e. The van der Waals surface area contributed by atoms with Crippen LogP contribution in [-0.2, 0) is 9.59 Å². The normalized spacial score (nSPS) is 22.6. The topological polar surface area (TPSA) is 66.5 Å². The highest BCUT2D eigenvalue weighted by Gasteiger charge is 2.40. The van der Waals surface area contributed by atoms with E-state index in [4.69, 9.17) is 0 Å². The van der Waals surface area contributed by atoms with E-state index in [-0.39, 0.29) is 13.0 Å². The minimum Gasteiger partial charge on any atom is -0.275 e. The Balaban J connectivity index is 2.69. The SMILES string of the molecule is O=C1NC(=O)N(CCCF)C(=O)C1F. The zero-order chi connectivity index (χ0) is 10.7. The molecule has 0 aromatic rings.